The van der Waals surface area contributed by atoms with Gasteiger partial charge in [-0.25, -0.2) is 8.42 Å². The largest absolute Gasteiger partial charge is 0.438 e. The molecule has 0 saturated heterocycles. The fourth-order valence-corrected chi connectivity index (χ4v) is 4.82. The molecular weight excluding hydrogens is 474 g/mol. The molecule has 4 aromatic rings. The van der Waals surface area contributed by atoms with Crippen LogP contribution >= 0.6 is 0 Å². The van der Waals surface area contributed by atoms with Crippen molar-refractivity contribution in [3.63, 3.8) is 0 Å². The molecule has 0 aliphatic heterocycles. The molecule has 0 amide bonds. The number of ether oxygens (including phenoxy) is 1. The third-order valence-electron chi connectivity index (χ3n) is 5.71. The van der Waals surface area contributed by atoms with Crippen LogP contribution in [0.4, 0.5) is 0 Å². The van der Waals surface area contributed by atoms with Crippen LogP contribution < -0.4 is 10.3 Å². The Labute approximate surface area is 209 Å². The minimum Gasteiger partial charge on any atom is -0.438 e. The van der Waals surface area contributed by atoms with Crippen molar-refractivity contribution in [2.24, 2.45) is 0 Å². The van der Waals surface area contributed by atoms with E-state index in [4.69, 9.17) is 4.74 Å². The van der Waals surface area contributed by atoms with E-state index >= 15 is 0 Å². The highest BCUT2D eigenvalue weighted by atomic mass is 32.2. The maximum Gasteiger partial charge on any atom is 0.269 e. The molecule has 2 aromatic carbocycles. The predicted octanol–water partition coefficient (Wildman–Crippen LogP) is 5.43. The van der Waals surface area contributed by atoms with E-state index in [2.05, 4.69) is 25.8 Å². The lowest BCUT2D eigenvalue weighted by Gasteiger charge is -2.19. The zero-order valence-electron chi connectivity index (χ0n) is 20.4. The van der Waals surface area contributed by atoms with Crippen molar-refractivity contribution in [2.75, 3.05) is 0 Å². The highest BCUT2D eigenvalue weighted by Gasteiger charge is 2.24. The molecule has 0 N–H and O–H groups in total. The van der Waals surface area contributed by atoms with Crippen molar-refractivity contribution in [3.05, 3.63) is 105 Å². The molecule has 0 unspecified atom stereocenters. The topological polar surface area (TPSA) is 102 Å². The SMILES string of the molecule is Cc1cccn2c(=O)c(/C=C(/C#N)S(=O)(=O)c3ccccc3)c(Oc3ccc(C(C)(C)C)cc3)nc12. The standard InChI is InChI=1S/C28H25N3O4S/c1-19-9-8-16-31-25(19)30-26(35-21-14-12-20(13-15-21)28(2,3)4)24(27(31)32)17-23(18-29)36(33,34)22-10-6-5-7-11-22/h5-17H,1-4H3/b23-17-. The van der Waals surface area contributed by atoms with Gasteiger partial charge >= 0.3 is 0 Å². The van der Waals surface area contributed by atoms with Gasteiger partial charge in [0.15, 0.2) is 0 Å². The molecule has 2 aromatic heterocycles. The number of nitriles is 1. The minimum atomic E-state index is -4.17. The van der Waals surface area contributed by atoms with Crippen molar-refractivity contribution in [1.82, 2.24) is 9.38 Å². The summed E-state index contributed by atoms with van der Waals surface area (Å²) in [6.45, 7) is 8.09. The van der Waals surface area contributed by atoms with Crippen LogP contribution in [0.5, 0.6) is 11.6 Å². The minimum absolute atomic E-state index is 0.0530. The molecule has 182 valence electrons. The van der Waals surface area contributed by atoms with Crippen LogP contribution in [0.3, 0.4) is 0 Å². The molecule has 2 heterocycles. The second-order valence-corrected chi connectivity index (χ2v) is 11.3. The fourth-order valence-electron chi connectivity index (χ4n) is 3.66. The van der Waals surface area contributed by atoms with Crippen molar-refractivity contribution >= 4 is 21.6 Å². The van der Waals surface area contributed by atoms with Gasteiger partial charge in [0.2, 0.25) is 15.7 Å². The van der Waals surface area contributed by atoms with Gasteiger partial charge in [0.05, 0.1) is 4.90 Å². The Morgan fingerprint density at radius 2 is 1.69 bits per heavy atom. The maximum atomic E-state index is 13.5. The molecule has 4 rings (SSSR count). The summed E-state index contributed by atoms with van der Waals surface area (Å²) in [7, 11) is -4.17. The quantitative estimate of drug-likeness (QED) is 0.339. The van der Waals surface area contributed by atoms with Gasteiger partial charge in [-0.05, 0) is 59.9 Å². The zero-order chi connectivity index (χ0) is 26.1. The second-order valence-electron chi connectivity index (χ2n) is 9.33. The van der Waals surface area contributed by atoms with Gasteiger partial charge in [0, 0.05) is 6.20 Å². The lowest BCUT2D eigenvalue weighted by molar-refractivity contribution is 0.460. The molecule has 0 atom stereocenters. The Balaban J connectivity index is 1.92. The summed E-state index contributed by atoms with van der Waals surface area (Å²) in [4.78, 5) is 17.4. The molecule has 36 heavy (non-hydrogen) atoms. The summed E-state index contributed by atoms with van der Waals surface area (Å²) in [5, 5.41) is 9.75. The first kappa shape index (κ1) is 24.9. The van der Waals surface area contributed by atoms with E-state index in [-0.39, 0.29) is 21.8 Å². The Morgan fingerprint density at radius 3 is 2.31 bits per heavy atom. The van der Waals surface area contributed by atoms with Crippen LogP contribution in [0.15, 0.2) is 87.5 Å². The number of pyridine rings is 1. The number of sulfone groups is 1. The highest BCUT2D eigenvalue weighted by molar-refractivity contribution is 7.95. The van der Waals surface area contributed by atoms with Gasteiger partial charge in [0.1, 0.15) is 27.9 Å². The van der Waals surface area contributed by atoms with E-state index in [1.807, 2.05) is 12.1 Å². The average Bonchev–Trinajstić information content (AvgIpc) is 2.85. The van der Waals surface area contributed by atoms with Gasteiger partial charge in [-0.1, -0.05) is 57.2 Å². The van der Waals surface area contributed by atoms with E-state index in [0.29, 0.717) is 11.4 Å². The number of rotatable bonds is 5. The monoisotopic (exact) mass is 499 g/mol. The molecule has 7 nitrogen and oxygen atoms in total. The Bertz CT molecular complexity index is 1670. The maximum absolute atomic E-state index is 13.5. The highest BCUT2D eigenvalue weighted by Crippen LogP contribution is 2.29. The number of fused-ring (bicyclic) bond motifs is 1. The van der Waals surface area contributed by atoms with Crippen molar-refractivity contribution in [3.8, 4) is 17.7 Å². The van der Waals surface area contributed by atoms with E-state index < -0.39 is 20.3 Å². The first-order chi connectivity index (χ1) is 17.0. The fraction of sp³-hybridized carbons (Fsp3) is 0.179. The van der Waals surface area contributed by atoms with E-state index in [0.717, 1.165) is 17.2 Å². The second kappa shape index (κ2) is 9.44. The van der Waals surface area contributed by atoms with Gasteiger partial charge < -0.3 is 4.74 Å². The van der Waals surface area contributed by atoms with Gasteiger partial charge in [-0.15, -0.1) is 0 Å². The smallest absolute Gasteiger partial charge is 0.269 e. The molecule has 0 aliphatic carbocycles. The lowest BCUT2D eigenvalue weighted by Crippen LogP contribution is -2.20. The number of aromatic nitrogens is 2. The molecule has 0 bridgehead atoms. The molecule has 0 spiro atoms. The van der Waals surface area contributed by atoms with Crippen molar-refractivity contribution < 1.29 is 13.2 Å². The Hall–Kier alpha value is -4.22. The summed E-state index contributed by atoms with van der Waals surface area (Å²) in [6.07, 6.45) is 2.57. The third kappa shape index (κ3) is 4.79. The summed E-state index contributed by atoms with van der Waals surface area (Å²) in [6, 6.07) is 20.2. The summed E-state index contributed by atoms with van der Waals surface area (Å²) >= 11 is 0. The molecular formula is C28H25N3O4S. The lowest BCUT2D eigenvalue weighted by atomic mass is 9.87. The van der Waals surface area contributed by atoms with E-state index in [1.54, 1.807) is 55.5 Å². The van der Waals surface area contributed by atoms with Crippen LogP contribution in [0.25, 0.3) is 11.7 Å². The average molecular weight is 500 g/mol. The molecule has 0 aliphatic rings. The van der Waals surface area contributed by atoms with Crippen LogP contribution in [0, 0.1) is 18.3 Å². The number of allylic oxidation sites excluding steroid dienone is 1. The number of aryl methyl sites for hydroxylation is 1. The van der Waals surface area contributed by atoms with Crippen LogP contribution in [0.2, 0.25) is 0 Å². The summed E-state index contributed by atoms with van der Waals surface area (Å²) < 4.78 is 33.6. The van der Waals surface area contributed by atoms with Crippen LogP contribution in [0.1, 0.15) is 37.5 Å². The molecule has 0 radical (unpaired) electrons. The van der Waals surface area contributed by atoms with Crippen LogP contribution in [-0.2, 0) is 15.3 Å². The molecule has 0 saturated carbocycles. The number of hydrogen-bond acceptors (Lipinski definition) is 6. The van der Waals surface area contributed by atoms with Gasteiger partial charge in [0.25, 0.3) is 5.56 Å². The van der Waals surface area contributed by atoms with E-state index in [1.165, 1.54) is 22.7 Å². The van der Waals surface area contributed by atoms with E-state index in [9.17, 15) is 18.5 Å². The van der Waals surface area contributed by atoms with Crippen molar-refractivity contribution in [1.29, 1.82) is 5.26 Å². The summed E-state index contributed by atoms with van der Waals surface area (Å²) in [5.74, 6) is 0.334. The van der Waals surface area contributed by atoms with Gasteiger partial charge in [-0.2, -0.15) is 10.2 Å². The first-order valence-electron chi connectivity index (χ1n) is 11.2. The Morgan fingerprint density at radius 1 is 1.03 bits per heavy atom. The normalized spacial score (nSPS) is 12.4. The number of hydrogen-bond donors (Lipinski definition) is 0. The molecule has 0 fully saturated rings. The van der Waals surface area contributed by atoms with Crippen molar-refractivity contribution in [2.45, 2.75) is 38.0 Å². The molecule has 8 heteroatoms. The zero-order valence-corrected chi connectivity index (χ0v) is 21.2. The first-order valence-corrected chi connectivity index (χ1v) is 12.7. The third-order valence-corrected chi connectivity index (χ3v) is 7.39. The number of benzene rings is 2. The number of nitrogens with zero attached hydrogens (tertiary/aromatic N) is 3. The van der Waals surface area contributed by atoms with Crippen LogP contribution in [-0.4, -0.2) is 17.8 Å². The van der Waals surface area contributed by atoms with Gasteiger partial charge in [-0.3, -0.25) is 9.20 Å². The summed E-state index contributed by atoms with van der Waals surface area (Å²) in [5.41, 5.74) is 1.44. The Kier molecular flexibility index (Phi) is 6.53. The predicted molar refractivity (Wildman–Crippen MR) is 139 cm³/mol.